The third-order valence-electron chi connectivity index (χ3n) is 2.18. The number of rotatable bonds is 7. The molecule has 5 heteroatoms. The summed E-state index contributed by atoms with van der Waals surface area (Å²) in [6.45, 7) is 6.39. The van der Waals surface area contributed by atoms with Crippen molar-refractivity contribution in [1.82, 2.24) is 10.6 Å². The normalized spacial score (nSPS) is 12.2. The summed E-state index contributed by atoms with van der Waals surface area (Å²) < 4.78 is 0. The molecule has 0 aliphatic carbocycles. The molecule has 0 aromatic rings. The molecule has 0 saturated carbocycles. The molecule has 0 saturated heterocycles. The number of hydrogen-bond acceptors (Lipinski definition) is 2. The van der Waals surface area contributed by atoms with Crippen LogP contribution in [0, 0.1) is 5.92 Å². The van der Waals surface area contributed by atoms with E-state index in [1.807, 2.05) is 6.92 Å². The van der Waals surface area contributed by atoms with Crippen LogP contribution in [0.2, 0.25) is 0 Å². The first-order chi connectivity index (χ1) is 7.41. The van der Waals surface area contributed by atoms with E-state index in [9.17, 15) is 9.59 Å². The van der Waals surface area contributed by atoms with Gasteiger partial charge in [-0.1, -0.05) is 13.8 Å². The van der Waals surface area contributed by atoms with Crippen molar-refractivity contribution in [3.05, 3.63) is 0 Å². The van der Waals surface area contributed by atoms with E-state index in [1.54, 1.807) is 0 Å². The van der Waals surface area contributed by atoms with Crippen molar-refractivity contribution in [2.24, 2.45) is 5.92 Å². The van der Waals surface area contributed by atoms with Crippen molar-refractivity contribution in [3.8, 4) is 0 Å². The minimum Gasteiger partial charge on any atom is -0.481 e. The van der Waals surface area contributed by atoms with E-state index in [2.05, 4.69) is 24.5 Å². The Labute approximate surface area is 96.6 Å². The van der Waals surface area contributed by atoms with Crippen molar-refractivity contribution in [2.75, 3.05) is 6.54 Å². The van der Waals surface area contributed by atoms with Crippen molar-refractivity contribution in [1.29, 1.82) is 0 Å². The molecular formula is C11H22N2O3. The smallest absolute Gasteiger partial charge is 0.315 e. The summed E-state index contributed by atoms with van der Waals surface area (Å²) in [4.78, 5) is 21.5. The van der Waals surface area contributed by atoms with Crippen molar-refractivity contribution < 1.29 is 14.7 Å². The molecule has 2 amide bonds. The van der Waals surface area contributed by atoms with Crippen LogP contribution in [0.5, 0.6) is 0 Å². The Morgan fingerprint density at radius 2 is 1.81 bits per heavy atom. The second kappa shape index (κ2) is 7.96. The molecule has 1 unspecified atom stereocenters. The maximum Gasteiger partial charge on any atom is 0.315 e. The quantitative estimate of drug-likeness (QED) is 0.621. The van der Waals surface area contributed by atoms with E-state index in [4.69, 9.17) is 5.11 Å². The van der Waals surface area contributed by atoms with Crippen molar-refractivity contribution in [2.45, 2.75) is 46.1 Å². The van der Waals surface area contributed by atoms with Crippen LogP contribution in [0.15, 0.2) is 0 Å². The molecule has 0 aliphatic rings. The number of nitrogens with one attached hydrogen (secondary N) is 2. The van der Waals surface area contributed by atoms with Crippen LogP contribution in [0.25, 0.3) is 0 Å². The minimum atomic E-state index is -0.909. The SMILES string of the molecule is CC(C)CCC(C)NC(=O)NCCC(=O)O. The zero-order chi connectivity index (χ0) is 12.6. The predicted octanol–water partition coefficient (Wildman–Crippen LogP) is 1.59. The van der Waals surface area contributed by atoms with Crippen LogP contribution in [0.3, 0.4) is 0 Å². The van der Waals surface area contributed by atoms with Gasteiger partial charge in [-0.25, -0.2) is 4.79 Å². The summed E-state index contributed by atoms with van der Waals surface area (Å²) in [5.74, 6) is -0.285. The number of carbonyl (C=O) groups is 2. The van der Waals surface area contributed by atoms with E-state index in [0.717, 1.165) is 12.8 Å². The molecule has 1 atom stereocenters. The van der Waals surface area contributed by atoms with Crippen molar-refractivity contribution >= 4 is 12.0 Å². The van der Waals surface area contributed by atoms with Gasteiger partial charge in [-0.15, -0.1) is 0 Å². The largest absolute Gasteiger partial charge is 0.481 e. The third-order valence-corrected chi connectivity index (χ3v) is 2.18. The highest BCUT2D eigenvalue weighted by Crippen LogP contribution is 2.05. The van der Waals surface area contributed by atoms with Gasteiger partial charge in [0.15, 0.2) is 0 Å². The maximum absolute atomic E-state index is 11.3. The van der Waals surface area contributed by atoms with E-state index in [0.29, 0.717) is 5.92 Å². The van der Waals surface area contributed by atoms with Gasteiger partial charge in [0.25, 0.3) is 0 Å². The first-order valence-corrected chi connectivity index (χ1v) is 5.68. The molecule has 94 valence electrons. The lowest BCUT2D eigenvalue weighted by Gasteiger charge is -2.15. The highest BCUT2D eigenvalue weighted by molar-refractivity contribution is 5.75. The lowest BCUT2D eigenvalue weighted by atomic mass is 10.0. The average Bonchev–Trinajstić information content (AvgIpc) is 2.14. The summed E-state index contributed by atoms with van der Waals surface area (Å²) >= 11 is 0. The molecule has 3 N–H and O–H groups in total. The van der Waals surface area contributed by atoms with Crippen LogP contribution >= 0.6 is 0 Å². The lowest BCUT2D eigenvalue weighted by molar-refractivity contribution is -0.136. The van der Waals surface area contributed by atoms with Gasteiger partial charge >= 0.3 is 12.0 Å². The third kappa shape index (κ3) is 9.30. The molecule has 0 heterocycles. The summed E-state index contributed by atoms with van der Waals surface area (Å²) in [6, 6.07) is -0.176. The topological polar surface area (TPSA) is 78.4 Å². The molecule has 0 bridgehead atoms. The fourth-order valence-corrected chi connectivity index (χ4v) is 1.21. The monoisotopic (exact) mass is 230 g/mol. The Bertz CT molecular complexity index is 229. The predicted molar refractivity (Wildman–Crippen MR) is 62.3 cm³/mol. The number of urea groups is 1. The van der Waals surface area contributed by atoms with E-state index >= 15 is 0 Å². The summed E-state index contributed by atoms with van der Waals surface area (Å²) in [5, 5.41) is 13.6. The van der Waals surface area contributed by atoms with Crippen molar-refractivity contribution in [3.63, 3.8) is 0 Å². The van der Waals surface area contributed by atoms with Gasteiger partial charge in [0.1, 0.15) is 0 Å². The number of carbonyl (C=O) groups excluding carboxylic acids is 1. The highest BCUT2D eigenvalue weighted by atomic mass is 16.4. The maximum atomic E-state index is 11.3. The average molecular weight is 230 g/mol. The lowest BCUT2D eigenvalue weighted by Crippen LogP contribution is -2.41. The molecule has 16 heavy (non-hydrogen) atoms. The van der Waals surface area contributed by atoms with Gasteiger partial charge in [0.2, 0.25) is 0 Å². The Hall–Kier alpha value is -1.26. The number of hydrogen-bond donors (Lipinski definition) is 3. The summed E-state index contributed by atoms with van der Waals surface area (Å²) in [7, 11) is 0. The molecule has 0 radical (unpaired) electrons. The molecule has 0 spiro atoms. The molecule has 0 fully saturated rings. The Kier molecular flexibility index (Phi) is 7.33. The van der Waals surface area contributed by atoms with Gasteiger partial charge in [0, 0.05) is 12.6 Å². The zero-order valence-corrected chi connectivity index (χ0v) is 10.2. The molecule has 0 aromatic carbocycles. The fourth-order valence-electron chi connectivity index (χ4n) is 1.21. The Balaban J connectivity index is 3.58. The van der Waals surface area contributed by atoms with Gasteiger partial charge < -0.3 is 15.7 Å². The number of carboxylic acid groups (broad SMARTS) is 1. The number of aliphatic carboxylic acids is 1. The Morgan fingerprint density at radius 3 is 2.31 bits per heavy atom. The molecule has 0 aromatic heterocycles. The first kappa shape index (κ1) is 14.7. The van der Waals surface area contributed by atoms with E-state index in [1.165, 1.54) is 0 Å². The van der Waals surface area contributed by atoms with Gasteiger partial charge in [-0.05, 0) is 25.7 Å². The molecular weight excluding hydrogens is 208 g/mol. The molecule has 0 aliphatic heterocycles. The molecule has 5 nitrogen and oxygen atoms in total. The zero-order valence-electron chi connectivity index (χ0n) is 10.2. The standard InChI is InChI=1S/C11H22N2O3/c1-8(2)4-5-9(3)13-11(16)12-7-6-10(14)15/h8-9H,4-7H2,1-3H3,(H,14,15)(H2,12,13,16). The number of amides is 2. The van der Waals surface area contributed by atoms with E-state index < -0.39 is 5.97 Å². The Morgan fingerprint density at radius 1 is 1.19 bits per heavy atom. The van der Waals surface area contributed by atoms with Crippen LogP contribution < -0.4 is 10.6 Å². The fraction of sp³-hybridized carbons (Fsp3) is 0.818. The second-order valence-electron chi connectivity index (χ2n) is 4.42. The van der Waals surface area contributed by atoms with Gasteiger partial charge in [-0.2, -0.15) is 0 Å². The van der Waals surface area contributed by atoms with Crippen LogP contribution in [0.1, 0.15) is 40.0 Å². The second-order valence-corrected chi connectivity index (χ2v) is 4.42. The van der Waals surface area contributed by atoms with Crippen LogP contribution in [0.4, 0.5) is 4.79 Å². The van der Waals surface area contributed by atoms with Crippen LogP contribution in [-0.2, 0) is 4.79 Å². The number of carboxylic acids is 1. The first-order valence-electron chi connectivity index (χ1n) is 5.68. The van der Waals surface area contributed by atoms with Gasteiger partial charge in [0.05, 0.1) is 6.42 Å². The minimum absolute atomic E-state index is 0.0478. The summed E-state index contributed by atoms with van der Waals surface area (Å²) in [5.41, 5.74) is 0. The van der Waals surface area contributed by atoms with E-state index in [-0.39, 0.29) is 25.0 Å². The van der Waals surface area contributed by atoms with Crippen LogP contribution in [-0.4, -0.2) is 29.7 Å². The van der Waals surface area contributed by atoms with Gasteiger partial charge in [-0.3, -0.25) is 4.79 Å². The highest BCUT2D eigenvalue weighted by Gasteiger charge is 2.07. The molecule has 0 rings (SSSR count). The summed E-state index contributed by atoms with van der Waals surface area (Å²) in [6.07, 6.45) is 1.95.